The first-order chi connectivity index (χ1) is 7.40. The van der Waals surface area contributed by atoms with Crippen molar-refractivity contribution in [3.05, 3.63) is 24.0 Å². The summed E-state index contributed by atoms with van der Waals surface area (Å²) < 4.78 is 0. The molecule has 2 heterocycles. The van der Waals surface area contributed by atoms with Crippen LogP contribution in [0.15, 0.2) is 18.3 Å². The van der Waals surface area contributed by atoms with E-state index in [0.717, 1.165) is 18.8 Å². The van der Waals surface area contributed by atoms with Crippen molar-refractivity contribution in [3.63, 3.8) is 0 Å². The maximum Gasteiger partial charge on any atom is 0.142 e. The van der Waals surface area contributed by atoms with Gasteiger partial charge in [-0.05, 0) is 25.0 Å². The highest BCUT2D eigenvalue weighted by Crippen LogP contribution is 2.19. The van der Waals surface area contributed by atoms with E-state index in [2.05, 4.69) is 16.0 Å². The minimum Gasteiger partial charge on any atom is -0.371 e. The summed E-state index contributed by atoms with van der Waals surface area (Å²) in [7, 11) is 0. The van der Waals surface area contributed by atoms with Gasteiger partial charge in [0.25, 0.3) is 0 Å². The van der Waals surface area contributed by atoms with Crippen LogP contribution in [0, 0.1) is 11.3 Å². The summed E-state index contributed by atoms with van der Waals surface area (Å²) in [6.07, 6.45) is 6.88. The second kappa shape index (κ2) is 4.79. The Bertz CT molecular complexity index is 359. The molecule has 1 aromatic rings. The minimum atomic E-state index is 0.511. The van der Waals surface area contributed by atoms with E-state index >= 15 is 0 Å². The van der Waals surface area contributed by atoms with Crippen molar-refractivity contribution in [1.29, 1.82) is 5.26 Å². The van der Waals surface area contributed by atoms with Crippen LogP contribution in [-0.4, -0.2) is 18.1 Å². The Labute approximate surface area is 90.4 Å². The molecule has 78 valence electrons. The lowest BCUT2D eigenvalue weighted by Crippen LogP contribution is -2.23. The fourth-order valence-corrected chi connectivity index (χ4v) is 2.01. The Kier molecular flexibility index (Phi) is 3.18. The van der Waals surface area contributed by atoms with Gasteiger partial charge in [0.1, 0.15) is 11.8 Å². The highest BCUT2D eigenvalue weighted by Gasteiger charge is 2.10. The fourth-order valence-electron chi connectivity index (χ4n) is 2.01. The van der Waals surface area contributed by atoms with E-state index in [0.29, 0.717) is 5.69 Å². The summed E-state index contributed by atoms with van der Waals surface area (Å²) in [4.78, 5) is 6.35. The van der Waals surface area contributed by atoms with Gasteiger partial charge in [0, 0.05) is 25.0 Å². The standard InChI is InChI=1S/C12H15N3/c13-10-11-9-12(5-6-14-11)15-7-3-1-2-4-8-15/h5-6,9H,1-4,7-8H2. The zero-order chi connectivity index (χ0) is 10.5. The monoisotopic (exact) mass is 201 g/mol. The zero-order valence-corrected chi connectivity index (χ0v) is 8.82. The van der Waals surface area contributed by atoms with Crippen molar-refractivity contribution in [1.82, 2.24) is 4.98 Å². The molecule has 0 aliphatic carbocycles. The molecule has 2 rings (SSSR count). The topological polar surface area (TPSA) is 39.9 Å². The van der Waals surface area contributed by atoms with Gasteiger partial charge in [0.05, 0.1) is 0 Å². The molecular weight excluding hydrogens is 186 g/mol. The molecule has 0 radical (unpaired) electrons. The molecule has 0 unspecified atom stereocenters. The third-order valence-electron chi connectivity index (χ3n) is 2.83. The van der Waals surface area contributed by atoms with Gasteiger partial charge >= 0.3 is 0 Å². The number of aromatic nitrogens is 1. The summed E-state index contributed by atoms with van der Waals surface area (Å²) >= 11 is 0. The van der Waals surface area contributed by atoms with Crippen molar-refractivity contribution >= 4 is 5.69 Å². The SMILES string of the molecule is N#Cc1cc(N2CCCCCC2)ccn1. The van der Waals surface area contributed by atoms with Gasteiger partial charge in [-0.2, -0.15) is 5.26 Å². The number of rotatable bonds is 1. The third kappa shape index (κ3) is 2.47. The average molecular weight is 201 g/mol. The van der Waals surface area contributed by atoms with E-state index in [1.807, 2.05) is 12.1 Å². The molecule has 0 atom stereocenters. The highest BCUT2D eigenvalue weighted by molar-refractivity contribution is 5.48. The molecule has 15 heavy (non-hydrogen) atoms. The smallest absolute Gasteiger partial charge is 0.142 e. The van der Waals surface area contributed by atoms with E-state index in [4.69, 9.17) is 5.26 Å². The van der Waals surface area contributed by atoms with Crippen LogP contribution in [0.4, 0.5) is 5.69 Å². The Morgan fingerprint density at radius 1 is 1.20 bits per heavy atom. The van der Waals surface area contributed by atoms with Crippen molar-refractivity contribution in [3.8, 4) is 6.07 Å². The van der Waals surface area contributed by atoms with Crippen LogP contribution in [0.25, 0.3) is 0 Å². The van der Waals surface area contributed by atoms with Gasteiger partial charge in [-0.1, -0.05) is 12.8 Å². The quantitative estimate of drug-likeness (QED) is 0.700. The molecule has 1 saturated heterocycles. The number of nitriles is 1. The van der Waals surface area contributed by atoms with Gasteiger partial charge in [0.2, 0.25) is 0 Å². The summed E-state index contributed by atoms with van der Waals surface area (Å²) in [6.45, 7) is 2.21. The van der Waals surface area contributed by atoms with E-state index in [1.165, 1.54) is 25.7 Å². The molecule has 1 aliphatic rings. The number of hydrogen-bond acceptors (Lipinski definition) is 3. The van der Waals surface area contributed by atoms with Gasteiger partial charge in [0.15, 0.2) is 0 Å². The second-order valence-electron chi connectivity index (χ2n) is 3.91. The summed E-state index contributed by atoms with van der Waals surface area (Å²) in [5.74, 6) is 0. The summed E-state index contributed by atoms with van der Waals surface area (Å²) in [5, 5.41) is 8.78. The first-order valence-electron chi connectivity index (χ1n) is 5.51. The molecule has 3 nitrogen and oxygen atoms in total. The number of nitrogens with zero attached hydrogens (tertiary/aromatic N) is 3. The predicted octanol–water partition coefficient (Wildman–Crippen LogP) is 2.33. The molecule has 0 N–H and O–H groups in total. The molecule has 1 fully saturated rings. The summed E-state index contributed by atoms with van der Waals surface area (Å²) in [5.41, 5.74) is 1.65. The van der Waals surface area contributed by atoms with Crippen molar-refractivity contribution in [2.24, 2.45) is 0 Å². The van der Waals surface area contributed by atoms with Gasteiger partial charge in [-0.15, -0.1) is 0 Å². The Hall–Kier alpha value is -1.56. The van der Waals surface area contributed by atoms with Crippen molar-refractivity contribution in [2.45, 2.75) is 25.7 Å². The van der Waals surface area contributed by atoms with Crippen LogP contribution in [-0.2, 0) is 0 Å². The van der Waals surface area contributed by atoms with E-state index in [-0.39, 0.29) is 0 Å². The average Bonchev–Trinajstić information content (AvgIpc) is 2.58. The number of pyridine rings is 1. The number of anilines is 1. The molecular formula is C12H15N3. The van der Waals surface area contributed by atoms with Gasteiger partial charge in [-0.3, -0.25) is 0 Å². The normalized spacial score (nSPS) is 16.9. The lowest BCUT2D eigenvalue weighted by Gasteiger charge is -2.22. The Balaban J connectivity index is 2.16. The number of hydrogen-bond donors (Lipinski definition) is 0. The molecule has 0 aromatic carbocycles. The molecule has 0 bridgehead atoms. The van der Waals surface area contributed by atoms with Crippen LogP contribution in [0.3, 0.4) is 0 Å². The molecule has 1 aliphatic heterocycles. The van der Waals surface area contributed by atoms with Gasteiger partial charge in [-0.25, -0.2) is 4.98 Å². The molecule has 1 aromatic heterocycles. The lowest BCUT2D eigenvalue weighted by atomic mass is 10.2. The van der Waals surface area contributed by atoms with Crippen molar-refractivity contribution < 1.29 is 0 Å². The van der Waals surface area contributed by atoms with Crippen LogP contribution in [0.5, 0.6) is 0 Å². The Morgan fingerprint density at radius 2 is 1.93 bits per heavy atom. The zero-order valence-electron chi connectivity index (χ0n) is 8.82. The first kappa shape index (κ1) is 9.97. The molecule has 0 spiro atoms. The van der Waals surface area contributed by atoms with E-state index in [1.54, 1.807) is 6.20 Å². The van der Waals surface area contributed by atoms with E-state index < -0.39 is 0 Å². The fraction of sp³-hybridized carbons (Fsp3) is 0.500. The largest absolute Gasteiger partial charge is 0.371 e. The van der Waals surface area contributed by atoms with Crippen LogP contribution in [0.2, 0.25) is 0 Å². The van der Waals surface area contributed by atoms with Crippen molar-refractivity contribution in [2.75, 3.05) is 18.0 Å². The lowest BCUT2D eigenvalue weighted by molar-refractivity contribution is 0.726. The molecule has 3 heteroatoms. The third-order valence-corrected chi connectivity index (χ3v) is 2.83. The van der Waals surface area contributed by atoms with E-state index in [9.17, 15) is 0 Å². The van der Waals surface area contributed by atoms with Crippen LogP contribution >= 0.6 is 0 Å². The molecule has 0 saturated carbocycles. The van der Waals surface area contributed by atoms with Crippen LogP contribution in [0.1, 0.15) is 31.4 Å². The maximum atomic E-state index is 8.78. The highest BCUT2D eigenvalue weighted by atomic mass is 15.1. The molecule has 0 amide bonds. The summed E-state index contributed by atoms with van der Waals surface area (Å²) in [6, 6.07) is 5.96. The second-order valence-corrected chi connectivity index (χ2v) is 3.91. The first-order valence-corrected chi connectivity index (χ1v) is 5.51. The Morgan fingerprint density at radius 3 is 2.60 bits per heavy atom. The van der Waals surface area contributed by atoms with Crippen LogP contribution < -0.4 is 4.90 Å². The predicted molar refractivity (Wildman–Crippen MR) is 59.6 cm³/mol. The maximum absolute atomic E-state index is 8.78. The minimum absolute atomic E-state index is 0.511. The van der Waals surface area contributed by atoms with Gasteiger partial charge < -0.3 is 4.90 Å².